The summed E-state index contributed by atoms with van der Waals surface area (Å²) in [5.41, 5.74) is 0. The normalized spacial score (nSPS) is 22.9. The lowest BCUT2D eigenvalue weighted by Crippen LogP contribution is -2.43. The molecule has 1 heterocycles. The Kier molecular flexibility index (Phi) is 7.06. The van der Waals surface area contributed by atoms with Crippen molar-refractivity contribution in [1.82, 2.24) is 10.2 Å². The van der Waals surface area contributed by atoms with Gasteiger partial charge in [-0.15, -0.1) is 0 Å². The Bertz CT molecular complexity index is 166. The summed E-state index contributed by atoms with van der Waals surface area (Å²) >= 11 is 0. The van der Waals surface area contributed by atoms with E-state index in [0.29, 0.717) is 0 Å². The highest BCUT2D eigenvalue weighted by atomic mass is 15.2. The predicted octanol–water partition coefficient (Wildman–Crippen LogP) is 2.89. The molecule has 1 atom stereocenters. The number of rotatable bonds is 7. The van der Waals surface area contributed by atoms with Crippen molar-refractivity contribution >= 4 is 0 Å². The van der Waals surface area contributed by atoms with E-state index in [1.807, 2.05) is 0 Å². The van der Waals surface area contributed by atoms with Crippen molar-refractivity contribution in [3.05, 3.63) is 0 Å². The summed E-state index contributed by atoms with van der Waals surface area (Å²) in [5.74, 6) is 0.771. The molecule has 1 aliphatic rings. The molecule has 2 nitrogen and oxygen atoms in total. The molecule has 16 heavy (non-hydrogen) atoms. The van der Waals surface area contributed by atoms with E-state index in [2.05, 4.69) is 31.0 Å². The quantitative estimate of drug-likeness (QED) is 0.672. The second-order valence-electron chi connectivity index (χ2n) is 5.57. The van der Waals surface area contributed by atoms with E-state index in [0.717, 1.165) is 18.5 Å². The Morgan fingerprint density at radius 3 is 2.81 bits per heavy atom. The van der Waals surface area contributed by atoms with Crippen molar-refractivity contribution in [2.24, 2.45) is 5.92 Å². The smallest absolute Gasteiger partial charge is 0.0110 e. The summed E-state index contributed by atoms with van der Waals surface area (Å²) in [6.45, 7) is 11.8. The molecule has 1 rings (SSSR count). The summed E-state index contributed by atoms with van der Waals surface area (Å²) in [6, 6.07) is 0.875. The molecule has 0 spiro atoms. The Morgan fingerprint density at radius 1 is 1.31 bits per heavy atom. The molecular formula is C14H30N2. The summed E-state index contributed by atoms with van der Waals surface area (Å²) in [7, 11) is 0. The molecule has 0 saturated carbocycles. The fourth-order valence-corrected chi connectivity index (χ4v) is 2.63. The average molecular weight is 226 g/mol. The lowest BCUT2D eigenvalue weighted by atomic mass is 9.98. The second-order valence-corrected chi connectivity index (χ2v) is 5.57. The second kappa shape index (κ2) is 8.08. The van der Waals surface area contributed by atoms with Crippen LogP contribution in [0.2, 0.25) is 0 Å². The van der Waals surface area contributed by atoms with Crippen molar-refractivity contribution in [1.29, 1.82) is 0 Å². The van der Waals surface area contributed by atoms with Crippen LogP contribution in [0.3, 0.4) is 0 Å². The molecule has 0 aromatic carbocycles. The van der Waals surface area contributed by atoms with Gasteiger partial charge in [0.05, 0.1) is 0 Å². The maximum Gasteiger partial charge on any atom is 0.0110 e. The van der Waals surface area contributed by atoms with Gasteiger partial charge in [0.15, 0.2) is 0 Å². The van der Waals surface area contributed by atoms with Gasteiger partial charge in [0.1, 0.15) is 0 Å². The van der Waals surface area contributed by atoms with Crippen LogP contribution in [-0.2, 0) is 0 Å². The zero-order valence-corrected chi connectivity index (χ0v) is 11.5. The Hall–Kier alpha value is -0.0800. The van der Waals surface area contributed by atoms with Gasteiger partial charge in [0.25, 0.3) is 0 Å². The first kappa shape index (κ1) is 14.0. The van der Waals surface area contributed by atoms with Crippen molar-refractivity contribution < 1.29 is 0 Å². The Balaban J connectivity index is 2.16. The molecular weight excluding hydrogens is 196 g/mol. The monoisotopic (exact) mass is 226 g/mol. The summed E-state index contributed by atoms with van der Waals surface area (Å²) < 4.78 is 0. The molecule has 0 bridgehead atoms. The van der Waals surface area contributed by atoms with Crippen LogP contribution in [0, 0.1) is 5.92 Å². The van der Waals surface area contributed by atoms with Crippen LogP contribution in [0.1, 0.15) is 52.9 Å². The van der Waals surface area contributed by atoms with Gasteiger partial charge < -0.3 is 5.32 Å². The summed E-state index contributed by atoms with van der Waals surface area (Å²) in [4.78, 5) is 2.71. The van der Waals surface area contributed by atoms with E-state index in [1.54, 1.807) is 0 Å². The van der Waals surface area contributed by atoms with Crippen molar-refractivity contribution in [3.8, 4) is 0 Å². The lowest BCUT2D eigenvalue weighted by Gasteiger charge is -2.35. The van der Waals surface area contributed by atoms with Gasteiger partial charge in [0.2, 0.25) is 0 Å². The molecule has 0 aliphatic carbocycles. The zero-order chi connectivity index (χ0) is 11.8. The number of nitrogens with zero attached hydrogens (tertiary/aromatic N) is 1. The first-order valence-electron chi connectivity index (χ1n) is 7.18. The topological polar surface area (TPSA) is 15.3 Å². The first-order valence-corrected chi connectivity index (χ1v) is 7.18. The predicted molar refractivity (Wildman–Crippen MR) is 71.8 cm³/mol. The van der Waals surface area contributed by atoms with Gasteiger partial charge in [-0.05, 0) is 38.3 Å². The van der Waals surface area contributed by atoms with Crippen LogP contribution in [0.25, 0.3) is 0 Å². The van der Waals surface area contributed by atoms with Crippen LogP contribution in [0.5, 0.6) is 0 Å². The minimum atomic E-state index is 0.771. The Morgan fingerprint density at radius 2 is 2.12 bits per heavy atom. The molecule has 1 saturated heterocycles. The van der Waals surface area contributed by atoms with Crippen LogP contribution in [0.15, 0.2) is 0 Å². The van der Waals surface area contributed by atoms with E-state index < -0.39 is 0 Å². The fraction of sp³-hybridized carbons (Fsp3) is 1.00. The molecule has 1 aliphatic heterocycles. The lowest BCUT2D eigenvalue weighted by molar-refractivity contribution is 0.140. The van der Waals surface area contributed by atoms with Gasteiger partial charge in [0, 0.05) is 19.1 Å². The number of hydrogen-bond donors (Lipinski definition) is 1. The standard InChI is InChI=1S/C14H30N2/c1-4-7-14-8-5-6-10-16(14)11-9-15-12-13(2)3/h13-15H,4-12H2,1-3H3. The van der Waals surface area contributed by atoms with Crippen LogP contribution < -0.4 is 5.32 Å². The van der Waals surface area contributed by atoms with Gasteiger partial charge in [-0.1, -0.05) is 33.6 Å². The van der Waals surface area contributed by atoms with Crippen LogP contribution >= 0.6 is 0 Å². The highest BCUT2D eigenvalue weighted by Gasteiger charge is 2.20. The number of hydrogen-bond acceptors (Lipinski definition) is 2. The third-order valence-electron chi connectivity index (χ3n) is 3.50. The molecule has 96 valence electrons. The van der Waals surface area contributed by atoms with E-state index in [4.69, 9.17) is 0 Å². The van der Waals surface area contributed by atoms with Crippen LogP contribution in [-0.4, -0.2) is 37.1 Å². The fourth-order valence-electron chi connectivity index (χ4n) is 2.63. The number of nitrogens with one attached hydrogen (secondary N) is 1. The summed E-state index contributed by atoms with van der Waals surface area (Å²) in [5, 5.41) is 3.55. The third-order valence-corrected chi connectivity index (χ3v) is 3.50. The molecule has 1 N–H and O–H groups in total. The maximum atomic E-state index is 3.55. The van der Waals surface area contributed by atoms with Gasteiger partial charge in [-0.3, -0.25) is 4.90 Å². The minimum absolute atomic E-state index is 0.771. The zero-order valence-electron chi connectivity index (χ0n) is 11.5. The molecule has 0 amide bonds. The maximum absolute atomic E-state index is 3.55. The molecule has 1 fully saturated rings. The Labute approximate surface area is 102 Å². The van der Waals surface area contributed by atoms with Crippen molar-refractivity contribution in [2.45, 2.75) is 58.9 Å². The van der Waals surface area contributed by atoms with Crippen molar-refractivity contribution in [2.75, 3.05) is 26.2 Å². The third kappa shape index (κ3) is 5.31. The van der Waals surface area contributed by atoms with Gasteiger partial charge >= 0.3 is 0 Å². The first-order chi connectivity index (χ1) is 7.74. The molecule has 0 aromatic rings. The number of piperidine rings is 1. The number of likely N-dealkylation sites (tertiary alicyclic amines) is 1. The molecule has 0 aromatic heterocycles. The average Bonchev–Trinajstić information content (AvgIpc) is 2.26. The van der Waals surface area contributed by atoms with Gasteiger partial charge in [-0.2, -0.15) is 0 Å². The molecule has 0 radical (unpaired) electrons. The van der Waals surface area contributed by atoms with Crippen molar-refractivity contribution in [3.63, 3.8) is 0 Å². The van der Waals surface area contributed by atoms with E-state index in [9.17, 15) is 0 Å². The van der Waals surface area contributed by atoms with Gasteiger partial charge in [-0.25, -0.2) is 0 Å². The highest BCUT2D eigenvalue weighted by molar-refractivity contribution is 4.77. The van der Waals surface area contributed by atoms with Crippen LogP contribution in [0.4, 0.5) is 0 Å². The molecule has 1 unspecified atom stereocenters. The summed E-state index contributed by atoms with van der Waals surface area (Å²) in [6.07, 6.45) is 7.01. The molecule has 2 heteroatoms. The van der Waals surface area contributed by atoms with E-state index in [1.165, 1.54) is 51.7 Å². The SMILES string of the molecule is CCCC1CCCCN1CCNCC(C)C. The minimum Gasteiger partial charge on any atom is -0.315 e. The largest absolute Gasteiger partial charge is 0.315 e. The van der Waals surface area contributed by atoms with E-state index in [-0.39, 0.29) is 0 Å². The van der Waals surface area contributed by atoms with E-state index >= 15 is 0 Å². The highest BCUT2D eigenvalue weighted by Crippen LogP contribution is 2.19.